The maximum absolute atomic E-state index is 11.2. The van der Waals surface area contributed by atoms with Crippen molar-refractivity contribution >= 4 is 28.9 Å². The quantitative estimate of drug-likeness (QED) is 0.858. The van der Waals surface area contributed by atoms with E-state index in [9.17, 15) is 9.90 Å². The fourth-order valence-corrected chi connectivity index (χ4v) is 4.20. The van der Waals surface area contributed by atoms with Crippen molar-refractivity contribution in [1.29, 1.82) is 0 Å². The van der Waals surface area contributed by atoms with Gasteiger partial charge >= 0.3 is 5.97 Å². The smallest absolute Gasteiger partial charge is 0.306 e. The van der Waals surface area contributed by atoms with Gasteiger partial charge in [0.15, 0.2) is 0 Å². The van der Waals surface area contributed by atoms with E-state index in [1.54, 1.807) is 18.4 Å². The van der Waals surface area contributed by atoms with Crippen LogP contribution >= 0.6 is 22.9 Å². The van der Waals surface area contributed by atoms with Gasteiger partial charge in [-0.3, -0.25) is 9.69 Å². The standard InChI is InChI=1S/C18H20ClNO3S/c1-23-16-3-2-14(19)10-15(16)17(13-6-9-24-11-13)20-7-4-12(5-8-20)18(21)22/h2-3,6,9-12,17H,4-5,7-8H2,1H3,(H,21,22). The number of nitrogens with zero attached hydrogens (tertiary/aromatic N) is 1. The van der Waals surface area contributed by atoms with E-state index in [-0.39, 0.29) is 12.0 Å². The van der Waals surface area contributed by atoms with Gasteiger partial charge < -0.3 is 9.84 Å². The summed E-state index contributed by atoms with van der Waals surface area (Å²) in [5.41, 5.74) is 2.21. The third-order valence-electron chi connectivity index (χ3n) is 4.59. The number of piperidine rings is 1. The van der Waals surface area contributed by atoms with E-state index < -0.39 is 5.97 Å². The average molecular weight is 366 g/mol. The van der Waals surface area contributed by atoms with Gasteiger partial charge in [-0.15, -0.1) is 0 Å². The topological polar surface area (TPSA) is 49.8 Å². The predicted molar refractivity (Wildman–Crippen MR) is 96.1 cm³/mol. The Hall–Kier alpha value is -1.56. The maximum atomic E-state index is 11.2. The molecule has 24 heavy (non-hydrogen) atoms. The van der Waals surface area contributed by atoms with Crippen LogP contribution in [0.15, 0.2) is 35.0 Å². The molecule has 0 saturated carbocycles. The number of hydrogen-bond donors (Lipinski definition) is 1. The first-order chi connectivity index (χ1) is 11.6. The van der Waals surface area contributed by atoms with Gasteiger partial charge in [0.2, 0.25) is 0 Å². The summed E-state index contributed by atoms with van der Waals surface area (Å²) < 4.78 is 5.55. The van der Waals surface area contributed by atoms with Crippen LogP contribution in [0.2, 0.25) is 5.02 Å². The van der Waals surface area contributed by atoms with Gasteiger partial charge in [-0.1, -0.05) is 11.6 Å². The number of halogens is 1. The second-order valence-corrected chi connectivity index (χ2v) is 7.21. The average Bonchev–Trinajstić information content (AvgIpc) is 3.10. The number of hydrogen-bond acceptors (Lipinski definition) is 4. The molecule has 1 aliphatic rings. The van der Waals surface area contributed by atoms with E-state index >= 15 is 0 Å². The zero-order valence-electron chi connectivity index (χ0n) is 13.4. The number of benzene rings is 1. The minimum absolute atomic E-state index is 0.0274. The predicted octanol–water partition coefficient (Wildman–Crippen LogP) is 4.30. The van der Waals surface area contributed by atoms with Crippen LogP contribution in [0.3, 0.4) is 0 Å². The number of rotatable bonds is 5. The second kappa shape index (κ2) is 7.55. The fourth-order valence-electron chi connectivity index (χ4n) is 3.34. The van der Waals surface area contributed by atoms with Crippen LogP contribution in [0, 0.1) is 5.92 Å². The monoisotopic (exact) mass is 365 g/mol. The highest BCUT2D eigenvalue weighted by atomic mass is 35.5. The molecule has 0 bridgehead atoms. The molecule has 1 aliphatic heterocycles. The molecule has 1 atom stereocenters. The van der Waals surface area contributed by atoms with Crippen LogP contribution in [0.25, 0.3) is 0 Å². The number of aliphatic carboxylic acids is 1. The zero-order valence-corrected chi connectivity index (χ0v) is 15.0. The van der Waals surface area contributed by atoms with E-state index in [0.29, 0.717) is 17.9 Å². The Balaban J connectivity index is 1.94. The van der Waals surface area contributed by atoms with Crippen LogP contribution < -0.4 is 4.74 Å². The lowest BCUT2D eigenvalue weighted by atomic mass is 9.92. The highest BCUT2D eigenvalue weighted by Crippen LogP contribution is 2.39. The lowest BCUT2D eigenvalue weighted by molar-refractivity contribution is -0.143. The van der Waals surface area contributed by atoms with Crippen LogP contribution in [-0.2, 0) is 4.79 Å². The molecule has 1 unspecified atom stereocenters. The molecule has 6 heteroatoms. The zero-order chi connectivity index (χ0) is 17.1. The summed E-state index contributed by atoms with van der Waals surface area (Å²) in [6.07, 6.45) is 1.33. The molecule has 1 saturated heterocycles. The summed E-state index contributed by atoms with van der Waals surface area (Å²) in [7, 11) is 1.66. The molecular weight excluding hydrogens is 346 g/mol. The van der Waals surface area contributed by atoms with Crippen LogP contribution in [0.4, 0.5) is 0 Å². The molecule has 0 amide bonds. The summed E-state index contributed by atoms with van der Waals surface area (Å²) in [5.74, 6) is -0.136. The highest BCUT2D eigenvalue weighted by Gasteiger charge is 2.31. The molecule has 3 rings (SSSR count). The van der Waals surface area contributed by atoms with Gasteiger partial charge in [0.25, 0.3) is 0 Å². The van der Waals surface area contributed by atoms with Crippen LogP contribution in [-0.4, -0.2) is 36.2 Å². The van der Waals surface area contributed by atoms with Crippen molar-refractivity contribution in [2.45, 2.75) is 18.9 Å². The second-order valence-electron chi connectivity index (χ2n) is 5.99. The first-order valence-electron chi connectivity index (χ1n) is 7.92. The lowest BCUT2D eigenvalue weighted by Crippen LogP contribution is -2.39. The molecule has 0 aliphatic carbocycles. The van der Waals surface area contributed by atoms with Crippen molar-refractivity contribution in [1.82, 2.24) is 4.90 Å². The Morgan fingerprint density at radius 2 is 2.12 bits per heavy atom. The molecule has 0 radical (unpaired) electrons. The van der Waals surface area contributed by atoms with Gasteiger partial charge in [-0.2, -0.15) is 11.3 Å². The van der Waals surface area contributed by atoms with Crippen LogP contribution in [0.1, 0.15) is 30.0 Å². The molecule has 2 heterocycles. The van der Waals surface area contributed by atoms with Crippen molar-refractivity contribution in [3.63, 3.8) is 0 Å². The van der Waals surface area contributed by atoms with Crippen molar-refractivity contribution in [2.24, 2.45) is 5.92 Å². The SMILES string of the molecule is COc1ccc(Cl)cc1C(c1ccsc1)N1CCC(C(=O)O)CC1. The Morgan fingerprint density at radius 3 is 2.71 bits per heavy atom. The van der Waals surface area contributed by atoms with Gasteiger partial charge in [0.05, 0.1) is 19.1 Å². The summed E-state index contributed by atoms with van der Waals surface area (Å²) in [6.45, 7) is 1.49. The molecule has 1 aromatic heterocycles. The molecule has 1 aromatic carbocycles. The van der Waals surface area contributed by atoms with Gasteiger partial charge in [0.1, 0.15) is 5.75 Å². The van der Waals surface area contributed by atoms with Crippen molar-refractivity contribution < 1.29 is 14.6 Å². The molecule has 128 valence electrons. The van der Waals surface area contributed by atoms with E-state index in [4.69, 9.17) is 16.3 Å². The van der Waals surface area contributed by atoms with Crippen LogP contribution in [0.5, 0.6) is 5.75 Å². The van der Waals surface area contributed by atoms with Gasteiger partial charge in [-0.25, -0.2) is 0 Å². The minimum atomic E-state index is -0.693. The summed E-state index contributed by atoms with van der Waals surface area (Å²) in [6, 6.07) is 7.80. The summed E-state index contributed by atoms with van der Waals surface area (Å²) in [4.78, 5) is 13.5. The van der Waals surface area contributed by atoms with Crippen molar-refractivity contribution in [3.8, 4) is 5.75 Å². The normalized spacial score (nSPS) is 17.6. The van der Waals surface area contributed by atoms with Gasteiger partial charge in [-0.05, 0) is 66.5 Å². The molecular formula is C18H20ClNO3S. The number of likely N-dealkylation sites (tertiary alicyclic amines) is 1. The van der Waals surface area contributed by atoms with E-state index in [2.05, 4.69) is 21.7 Å². The minimum Gasteiger partial charge on any atom is -0.496 e. The number of methoxy groups -OCH3 is 1. The fraction of sp³-hybridized carbons (Fsp3) is 0.389. The van der Waals surface area contributed by atoms with E-state index in [1.165, 1.54) is 5.56 Å². The number of thiophene rings is 1. The Bertz CT molecular complexity index is 696. The highest BCUT2D eigenvalue weighted by molar-refractivity contribution is 7.08. The number of carboxylic acid groups (broad SMARTS) is 1. The third kappa shape index (κ3) is 3.58. The first-order valence-corrected chi connectivity index (χ1v) is 9.24. The van der Waals surface area contributed by atoms with E-state index in [0.717, 1.165) is 24.4 Å². The first kappa shape index (κ1) is 17.3. The summed E-state index contributed by atoms with van der Waals surface area (Å²) >= 11 is 7.89. The Morgan fingerprint density at radius 1 is 1.38 bits per heavy atom. The molecule has 1 fully saturated rings. The molecule has 4 nitrogen and oxygen atoms in total. The van der Waals surface area contributed by atoms with Crippen molar-refractivity contribution in [2.75, 3.05) is 20.2 Å². The number of carbonyl (C=O) groups is 1. The number of ether oxygens (including phenoxy) is 1. The molecule has 0 spiro atoms. The van der Waals surface area contributed by atoms with E-state index in [1.807, 2.05) is 18.2 Å². The Labute approximate surface area is 150 Å². The Kier molecular flexibility index (Phi) is 5.43. The number of carboxylic acids is 1. The largest absolute Gasteiger partial charge is 0.496 e. The maximum Gasteiger partial charge on any atom is 0.306 e. The lowest BCUT2D eigenvalue weighted by Gasteiger charge is -2.37. The molecule has 2 aromatic rings. The molecule has 1 N–H and O–H groups in total. The summed E-state index contributed by atoms with van der Waals surface area (Å²) in [5, 5.41) is 14.1. The van der Waals surface area contributed by atoms with Gasteiger partial charge in [0, 0.05) is 10.6 Å². The third-order valence-corrected chi connectivity index (χ3v) is 5.53. The van der Waals surface area contributed by atoms with Crippen molar-refractivity contribution in [3.05, 3.63) is 51.2 Å².